The van der Waals surface area contributed by atoms with Gasteiger partial charge < -0.3 is 4.74 Å². The van der Waals surface area contributed by atoms with E-state index in [4.69, 9.17) is 4.74 Å². The number of nitro groups is 1. The molecule has 0 atom stereocenters. The number of carbonyl (C=O) groups excluding carboxylic acids is 1. The molecule has 0 aliphatic rings. The number of rotatable bonds is 4. The van der Waals surface area contributed by atoms with Crippen LogP contribution < -0.4 is 0 Å². The SMILES string of the molecule is O=C(/C=C/c1ccccc1[N+](=O)[O-])OCC#CI. The Morgan fingerprint density at radius 1 is 1.50 bits per heavy atom. The predicted molar refractivity (Wildman–Crippen MR) is 74.9 cm³/mol. The molecule has 0 aromatic heterocycles. The van der Waals surface area contributed by atoms with E-state index in [0.717, 1.165) is 6.08 Å². The van der Waals surface area contributed by atoms with Crippen LogP contribution in [0.4, 0.5) is 5.69 Å². The summed E-state index contributed by atoms with van der Waals surface area (Å²) >= 11 is 1.83. The van der Waals surface area contributed by atoms with E-state index in [1.165, 1.54) is 12.1 Å². The second-order valence-corrected chi connectivity index (χ2v) is 3.57. The van der Waals surface area contributed by atoms with Gasteiger partial charge in [0.05, 0.1) is 10.5 Å². The zero-order valence-electron chi connectivity index (χ0n) is 9.13. The van der Waals surface area contributed by atoms with Crippen molar-refractivity contribution in [3.63, 3.8) is 0 Å². The lowest BCUT2D eigenvalue weighted by atomic mass is 10.1. The van der Waals surface area contributed by atoms with E-state index in [1.807, 2.05) is 22.6 Å². The van der Waals surface area contributed by atoms with Gasteiger partial charge >= 0.3 is 5.97 Å². The Morgan fingerprint density at radius 3 is 2.89 bits per heavy atom. The van der Waals surface area contributed by atoms with Gasteiger partial charge in [0.15, 0.2) is 6.61 Å². The number of halogens is 1. The zero-order chi connectivity index (χ0) is 13.4. The molecule has 0 amide bonds. The molecule has 0 N–H and O–H groups in total. The largest absolute Gasteiger partial charge is 0.449 e. The molecule has 0 saturated heterocycles. The van der Waals surface area contributed by atoms with E-state index < -0.39 is 10.9 Å². The van der Waals surface area contributed by atoms with E-state index in [9.17, 15) is 14.9 Å². The van der Waals surface area contributed by atoms with Crippen LogP contribution in [0.15, 0.2) is 30.3 Å². The van der Waals surface area contributed by atoms with Crippen LogP contribution >= 0.6 is 22.6 Å². The standard InChI is InChI=1S/C12H8INO4/c13-8-3-9-18-12(15)7-6-10-4-1-2-5-11(10)14(16)17/h1-2,4-7H,9H2/b7-6+. The third kappa shape index (κ3) is 4.55. The fraction of sp³-hybridized carbons (Fsp3) is 0.0833. The molecule has 0 radical (unpaired) electrons. The molecule has 18 heavy (non-hydrogen) atoms. The number of hydrogen-bond acceptors (Lipinski definition) is 4. The first-order valence-corrected chi connectivity index (χ1v) is 5.89. The first kappa shape index (κ1) is 14.2. The first-order chi connectivity index (χ1) is 8.65. The fourth-order valence-corrected chi connectivity index (χ4v) is 1.29. The van der Waals surface area contributed by atoms with Crippen LogP contribution in [0.3, 0.4) is 0 Å². The third-order valence-corrected chi connectivity index (χ3v) is 2.27. The molecule has 0 unspecified atom stereocenters. The van der Waals surface area contributed by atoms with Crippen molar-refractivity contribution in [2.75, 3.05) is 6.61 Å². The van der Waals surface area contributed by atoms with Gasteiger partial charge in [-0.25, -0.2) is 4.79 Å². The highest BCUT2D eigenvalue weighted by Gasteiger charge is 2.09. The molecule has 1 aromatic rings. The molecule has 0 fully saturated rings. The van der Waals surface area contributed by atoms with Crippen molar-refractivity contribution in [1.29, 1.82) is 0 Å². The van der Waals surface area contributed by atoms with Gasteiger partial charge in [0, 0.05) is 34.7 Å². The molecular weight excluding hydrogens is 349 g/mol. The molecular formula is C12H8INO4. The number of ether oxygens (including phenoxy) is 1. The quantitative estimate of drug-likeness (QED) is 0.207. The summed E-state index contributed by atoms with van der Waals surface area (Å²) in [6.07, 6.45) is 2.48. The summed E-state index contributed by atoms with van der Waals surface area (Å²) in [6.45, 7) is 0.00297. The molecule has 1 rings (SSSR count). The van der Waals surface area contributed by atoms with Crippen LogP contribution in [-0.4, -0.2) is 17.5 Å². The van der Waals surface area contributed by atoms with Gasteiger partial charge in [-0.3, -0.25) is 10.1 Å². The number of para-hydroxylation sites is 1. The Labute approximate surface area is 117 Å². The lowest BCUT2D eigenvalue weighted by Gasteiger charge is -1.97. The van der Waals surface area contributed by atoms with Crippen LogP contribution in [0.2, 0.25) is 0 Å². The van der Waals surface area contributed by atoms with E-state index in [1.54, 1.807) is 18.2 Å². The monoisotopic (exact) mass is 357 g/mol. The summed E-state index contributed by atoms with van der Waals surface area (Å²) in [7, 11) is 0. The van der Waals surface area contributed by atoms with Crippen molar-refractivity contribution < 1.29 is 14.5 Å². The van der Waals surface area contributed by atoms with E-state index in [-0.39, 0.29) is 12.3 Å². The number of hydrogen-bond donors (Lipinski definition) is 0. The summed E-state index contributed by atoms with van der Waals surface area (Å²) in [5, 5.41) is 10.7. The maximum atomic E-state index is 11.2. The smallest absolute Gasteiger partial charge is 0.331 e. The Bertz CT molecular complexity index is 542. The molecule has 0 saturated carbocycles. The van der Waals surface area contributed by atoms with Gasteiger partial charge in [-0.1, -0.05) is 18.1 Å². The Morgan fingerprint density at radius 2 is 2.22 bits per heavy atom. The van der Waals surface area contributed by atoms with Crippen LogP contribution in [0.1, 0.15) is 5.56 Å². The average molecular weight is 357 g/mol. The lowest BCUT2D eigenvalue weighted by molar-refractivity contribution is -0.385. The van der Waals surface area contributed by atoms with Gasteiger partial charge in [0.25, 0.3) is 5.69 Å². The summed E-state index contributed by atoms with van der Waals surface area (Å²) in [5.74, 6) is 1.97. The van der Waals surface area contributed by atoms with Crippen LogP contribution in [-0.2, 0) is 9.53 Å². The van der Waals surface area contributed by atoms with Crippen LogP contribution in [0, 0.1) is 20.0 Å². The maximum absolute atomic E-state index is 11.2. The van der Waals surface area contributed by atoms with Gasteiger partial charge in [-0.2, -0.15) is 0 Å². The normalized spacial score (nSPS) is 9.61. The molecule has 6 heteroatoms. The minimum absolute atomic E-state index is 0.00297. The van der Waals surface area contributed by atoms with Gasteiger partial charge in [0.1, 0.15) is 0 Å². The molecule has 0 heterocycles. The maximum Gasteiger partial charge on any atom is 0.331 e. The lowest BCUT2D eigenvalue weighted by Crippen LogP contribution is -2.00. The Hall–Kier alpha value is -1.88. The molecule has 5 nitrogen and oxygen atoms in total. The van der Waals surface area contributed by atoms with Crippen LogP contribution in [0.25, 0.3) is 6.08 Å². The highest BCUT2D eigenvalue weighted by atomic mass is 127. The van der Waals surface area contributed by atoms with Crippen molar-refractivity contribution in [2.45, 2.75) is 0 Å². The van der Waals surface area contributed by atoms with Crippen molar-refractivity contribution >= 4 is 40.3 Å². The zero-order valence-corrected chi connectivity index (χ0v) is 11.3. The molecule has 92 valence electrons. The Balaban J connectivity index is 2.74. The van der Waals surface area contributed by atoms with Gasteiger partial charge in [-0.15, -0.1) is 0 Å². The molecule has 0 aliphatic carbocycles. The molecule has 0 bridgehead atoms. The highest BCUT2D eigenvalue weighted by Crippen LogP contribution is 2.18. The number of nitro benzene ring substituents is 1. The summed E-state index contributed by atoms with van der Waals surface area (Å²) in [6, 6.07) is 6.13. The van der Waals surface area contributed by atoms with Crippen molar-refractivity contribution in [2.24, 2.45) is 0 Å². The highest BCUT2D eigenvalue weighted by molar-refractivity contribution is 14.1. The fourth-order valence-electron chi connectivity index (χ4n) is 1.14. The minimum Gasteiger partial charge on any atom is -0.449 e. The van der Waals surface area contributed by atoms with Gasteiger partial charge in [0.2, 0.25) is 0 Å². The van der Waals surface area contributed by atoms with Crippen LogP contribution in [0.5, 0.6) is 0 Å². The van der Waals surface area contributed by atoms with Gasteiger partial charge in [-0.05, 0) is 16.1 Å². The summed E-state index contributed by atoms with van der Waals surface area (Å²) in [4.78, 5) is 21.4. The number of carbonyl (C=O) groups is 1. The minimum atomic E-state index is -0.590. The number of benzene rings is 1. The number of nitrogens with zero attached hydrogens (tertiary/aromatic N) is 1. The van der Waals surface area contributed by atoms with E-state index in [2.05, 4.69) is 9.85 Å². The topological polar surface area (TPSA) is 69.4 Å². The average Bonchev–Trinajstić information content (AvgIpc) is 2.37. The first-order valence-electron chi connectivity index (χ1n) is 4.82. The van der Waals surface area contributed by atoms with Crippen molar-refractivity contribution in [3.05, 3.63) is 46.0 Å². The molecule has 0 aliphatic heterocycles. The Kier molecular flexibility index (Phi) is 5.87. The predicted octanol–water partition coefficient (Wildman–Crippen LogP) is 2.55. The summed E-state index contributed by atoms with van der Waals surface area (Å²) < 4.78 is 7.28. The summed E-state index contributed by atoms with van der Waals surface area (Å²) in [5.41, 5.74) is 0.285. The molecule has 0 spiro atoms. The van der Waals surface area contributed by atoms with E-state index in [0.29, 0.717) is 5.56 Å². The second-order valence-electron chi connectivity index (χ2n) is 3.03. The number of esters is 1. The van der Waals surface area contributed by atoms with E-state index >= 15 is 0 Å². The third-order valence-electron chi connectivity index (χ3n) is 1.89. The second kappa shape index (κ2) is 7.45. The molecule has 1 aromatic carbocycles. The van der Waals surface area contributed by atoms with Crippen molar-refractivity contribution in [1.82, 2.24) is 0 Å². The van der Waals surface area contributed by atoms with Crippen molar-refractivity contribution in [3.8, 4) is 9.85 Å².